The monoisotopic (exact) mass is 320 g/mol. The molecule has 1 saturated heterocycles. The number of aryl methyl sites for hydroxylation is 1. The van der Waals surface area contributed by atoms with Crippen LogP contribution in [0.15, 0.2) is 0 Å². The van der Waals surface area contributed by atoms with Gasteiger partial charge in [-0.15, -0.1) is 0 Å². The number of carboxylic acid groups (broad SMARTS) is 1. The number of carboxylic acids is 1. The minimum Gasteiger partial charge on any atom is -0.481 e. The summed E-state index contributed by atoms with van der Waals surface area (Å²) in [6.45, 7) is 7.33. The molecule has 6 nitrogen and oxygen atoms in total. The smallest absolute Gasteiger partial charge is 0.308 e. The number of likely N-dealkylation sites (tertiary alicyclic amines) is 1. The number of aromatic amines is 1. The molecule has 0 saturated carbocycles. The molecule has 1 fully saturated rings. The van der Waals surface area contributed by atoms with Gasteiger partial charge in [0.15, 0.2) is 5.78 Å². The number of carbonyl (C=O) groups excluding carboxylic acids is 2. The number of piperidine rings is 1. The molecule has 0 radical (unpaired) electrons. The number of hydrogen-bond donors (Lipinski definition) is 2. The topological polar surface area (TPSA) is 90.5 Å². The van der Waals surface area contributed by atoms with Crippen molar-refractivity contribution in [2.75, 3.05) is 6.54 Å². The normalized spacial score (nSPS) is 21.3. The number of nitrogens with one attached hydrogen (secondary N) is 1. The van der Waals surface area contributed by atoms with Gasteiger partial charge in [0, 0.05) is 23.8 Å². The summed E-state index contributed by atoms with van der Waals surface area (Å²) in [5, 5.41) is 9.23. The van der Waals surface area contributed by atoms with Gasteiger partial charge in [-0.25, -0.2) is 0 Å². The van der Waals surface area contributed by atoms with E-state index in [1.165, 1.54) is 6.92 Å². The Morgan fingerprint density at radius 2 is 1.96 bits per heavy atom. The first-order chi connectivity index (χ1) is 10.8. The second kappa shape index (κ2) is 6.56. The Morgan fingerprint density at radius 1 is 1.30 bits per heavy atom. The fourth-order valence-corrected chi connectivity index (χ4v) is 3.42. The van der Waals surface area contributed by atoms with E-state index in [9.17, 15) is 19.5 Å². The molecule has 6 heteroatoms. The van der Waals surface area contributed by atoms with Gasteiger partial charge in [0.1, 0.15) is 5.69 Å². The molecule has 1 amide bonds. The molecule has 2 unspecified atom stereocenters. The lowest BCUT2D eigenvalue weighted by Gasteiger charge is -2.36. The van der Waals surface area contributed by atoms with Crippen molar-refractivity contribution in [3.8, 4) is 0 Å². The summed E-state index contributed by atoms with van der Waals surface area (Å²) >= 11 is 0. The van der Waals surface area contributed by atoms with Crippen molar-refractivity contribution in [2.24, 2.45) is 5.92 Å². The molecular formula is C17H24N2O4. The average molecular weight is 320 g/mol. The van der Waals surface area contributed by atoms with Crippen LogP contribution in [0, 0.1) is 12.8 Å². The van der Waals surface area contributed by atoms with Crippen molar-refractivity contribution in [1.82, 2.24) is 9.88 Å². The van der Waals surface area contributed by atoms with E-state index < -0.39 is 11.9 Å². The highest BCUT2D eigenvalue weighted by atomic mass is 16.4. The average Bonchev–Trinajstić information content (AvgIpc) is 2.83. The van der Waals surface area contributed by atoms with E-state index >= 15 is 0 Å². The van der Waals surface area contributed by atoms with Crippen molar-refractivity contribution in [1.29, 1.82) is 0 Å². The molecule has 1 aliphatic heterocycles. The molecule has 2 heterocycles. The summed E-state index contributed by atoms with van der Waals surface area (Å²) in [7, 11) is 0. The third-order valence-corrected chi connectivity index (χ3v) is 4.70. The Kier molecular flexibility index (Phi) is 4.92. The number of aliphatic carboxylic acids is 1. The van der Waals surface area contributed by atoms with Gasteiger partial charge in [-0.05, 0) is 45.6 Å². The van der Waals surface area contributed by atoms with Crippen LogP contribution >= 0.6 is 0 Å². The summed E-state index contributed by atoms with van der Waals surface area (Å²) in [4.78, 5) is 40.7. The molecule has 2 atom stereocenters. The van der Waals surface area contributed by atoms with E-state index in [0.29, 0.717) is 36.2 Å². The number of rotatable bonds is 4. The molecule has 126 valence electrons. The summed E-state index contributed by atoms with van der Waals surface area (Å²) in [6, 6.07) is -0.00723. The van der Waals surface area contributed by atoms with Gasteiger partial charge in [0.05, 0.1) is 5.92 Å². The Bertz CT molecular complexity index is 647. The van der Waals surface area contributed by atoms with E-state index in [1.807, 2.05) is 13.8 Å². The minimum atomic E-state index is -0.863. The summed E-state index contributed by atoms with van der Waals surface area (Å²) in [5.74, 6) is -1.67. The van der Waals surface area contributed by atoms with Crippen LogP contribution in [0.2, 0.25) is 0 Å². The predicted molar refractivity (Wildman–Crippen MR) is 85.8 cm³/mol. The SMILES string of the molecule is CCc1c(C(=O)N2CC(C(=O)O)CCC2C)[nH]c(C)c1C(C)=O. The zero-order valence-electron chi connectivity index (χ0n) is 14.1. The number of H-pyrrole nitrogens is 1. The van der Waals surface area contributed by atoms with E-state index in [0.717, 1.165) is 5.56 Å². The van der Waals surface area contributed by atoms with Crippen LogP contribution in [-0.4, -0.2) is 45.2 Å². The molecule has 1 aromatic heterocycles. The van der Waals surface area contributed by atoms with Crippen molar-refractivity contribution < 1.29 is 19.5 Å². The molecular weight excluding hydrogens is 296 g/mol. The quantitative estimate of drug-likeness (QED) is 0.834. The van der Waals surface area contributed by atoms with Crippen molar-refractivity contribution in [3.63, 3.8) is 0 Å². The highest BCUT2D eigenvalue weighted by Gasteiger charge is 2.35. The lowest BCUT2D eigenvalue weighted by molar-refractivity contribution is -0.143. The molecule has 0 aromatic carbocycles. The number of nitrogens with zero attached hydrogens (tertiary/aromatic N) is 1. The van der Waals surface area contributed by atoms with Gasteiger partial charge in [0.25, 0.3) is 5.91 Å². The number of carbonyl (C=O) groups is 3. The molecule has 1 aliphatic rings. The maximum Gasteiger partial charge on any atom is 0.308 e. The second-order valence-corrected chi connectivity index (χ2v) is 6.31. The number of hydrogen-bond acceptors (Lipinski definition) is 3. The highest BCUT2D eigenvalue weighted by Crippen LogP contribution is 2.27. The zero-order valence-corrected chi connectivity index (χ0v) is 14.1. The zero-order chi connectivity index (χ0) is 17.3. The lowest BCUT2D eigenvalue weighted by Crippen LogP contribution is -2.47. The first-order valence-corrected chi connectivity index (χ1v) is 8.04. The molecule has 1 aromatic rings. The number of aromatic nitrogens is 1. The molecule has 2 rings (SSSR count). The molecule has 23 heavy (non-hydrogen) atoms. The number of Topliss-reactive ketones (excluding diaryl/α,β-unsaturated/α-hetero) is 1. The van der Waals surface area contributed by atoms with Crippen LogP contribution in [0.3, 0.4) is 0 Å². The molecule has 0 spiro atoms. The maximum absolute atomic E-state index is 12.9. The highest BCUT2D eigenvalue weighted by molar-refractivity contribution is 6.02. The van der Waals surface area contributed by atoms with Crippen LogP contribution in [0.25, 0.3) is 0 Å². The second-order valence-electron chi connectivity index (χ2n) is 6.31. The summed E-state index contributed by atoms with van der Waals surface area (Å²) < 4.78 is 0. The van der Waals surface area contributed by atoms with Gasteiger partial charge >= 0.3 is 5.97 Å². The van der Waals surface area contributed by atoms with Crippen LogP contribution in [0.5, 0.6) is 0 Å². The third kappa shape index (κ3) is 3.16. The minimum absolute atomic E-state index is 0.00723. The lowest BCUT2D eigenvalue weighted by atomic mass is 9.93. The first kappa shape index (κ1) is 17.2. The van der Waals surface area contributed by atoms with Gasteiger partial charge in [0.2, 0.25) is 0 Å². The van der Waals surface area contributed by atoms with Gasteiger partial charge in [-0.3, -0.25) is 14.4 Å². The van der Waals surface area contributed by atoms with Crippen LogP contribution < -0.4 is 0 Å². The Labute approximate surface area is 135 Å². The summed E-state index contributed by atoms with van der Waals surface area (Å²) in [6.07, 6.45) is 1.83. The van der Waals surface area contributed by atoms with Crippen molar-refractivity contribution in [3.05, 3.63) is 22.5 Å². The molecule has 0 aliphatic carbocycles. The van der Waals surface area contributed by atoms with Crippen molar-refractivity contribution >= 4 is 17.7 Å². The van der Waals surface area contributed by atoms with E-state index in [2.05, 4.69) is 4.98 Å². The van der Waals surface area contributed by atoms with Gasteiger partial charge in [-0.1, -0.05) is 6.92 Å². The van der Waals surface area contributed by atoms with Crippen LogP contribution in [-0.2, 0) is 11.2 Å². The largest absolute Gasteiger partial charge is 0.481 e. The number of ketones is 1. The Hall–Kier alpha value is -2.11. The fraction of sp³-hybridized carbons (Fsp3) is 0.588. The Morgan fingerprint density at radius 3 is 2.48 bits per heavy atom. The van der Waals surface area contributed by atoms with Crippen molar-refractivity contribution in [2.45, 2.75) is 53.0 Å². The molecule has 0 bridgehead atoms. The predicted octanol–water partition coefficient (Wildman–Crippen LogP) is 2.41. The third-order valence-electron chi connectivity index (χ3n) is 4.70. The number of amides is 1. The Balaban J connectivity index is 2.38. The van der Waals surface area contributed by atoms with Gasteiger partial charge < -0.3 is 15.0 Å². The standard InChI is InChI=1S/C17H24N2O4/c1-5-13-14(11(4)20)10(3)18-15(13)16(21)19-8-12(17(22)23)7-6-9(19)2/h9,12,18H,5-8H2,1-4H3,(H,22,23). The van der Waals surface area contributed by atoms with Gasteiger partial charge in [-0.2, -0.15) is 0 Å². The molecule has 2 N–H and O–H groups in total. The first-order valence-electron chi connectivity index (χ1n) is 8.04. The van der Waals surface area contributed by atoms with E-state index in [1.54, 1.807) is 11.8 Å². The van der Waals surface area contributed by atoms with E-state index in [-0.39, 0.29) is 24.3 Å². The fourth-order valence-electron chi connectivity index (χ4n) is 3.42. The summed E-state index contributed by atoms with van der Waals surface area (Å²) in [5.41, 5.74) is 2.42. The van der Waals surface area contributed by atoms with Crippen LogP contribution in [0.1, 0.15) is 65.7 Å². The maximum atomic E-state index is 12.9. The van der Waals surface area contributed by atoms with Crippen LogP contribution in [0.4, 0.5) is 0 Å². The van der Waals surface area contributed by atoms with E-state index in [4.69, 9.17) is 0 Å².